The standard InChI is InChI=1S/C24H23NO5/c1-28-18-12-13-19(22(15-18)30-3)24(27)17-10-8-16(9-11-17)14-23(26)25-20-6-4-5-7-21(20)29-2/h4-13,15H,14H2,1-3H3,(H,25,26). The lowest BCUT2D eigenvalue weighted by molar-refractivity contribution is -0.115. The van der Waals surface area contributed by atoms with Crippen molar-refractivity contribution in [2.24, 2.45) is 0 Å². The molecule has 0 aliphatic carbocycles. The van der Waals surface area contributed by atoms with Crippen LogP contribution in [-0.4, -0.2) is 33.0 Å². The predicted octanol–water partition coefficient (Wildman–Crippen LogP) is 4.12. The third-order valence-corrected chi connectivity index (χ3v) is 4.62. The first-order valence-electron chi connectivity index (χ1n) is 9.34. The number of methoxy groups -OCH3 is 3. The summed E-state index contributed by atoms with van der Waals surface area (Å²) in [5, 5.41) is 2.84. The number of carbonyl (C=O) groups excluding carboxylic acids is 2. The molecule has 1 amide bonds. The zero-order valence-corrected chi connectivity index (χ0v) is 17.1. The molecule has 0 aliphatic heterocycles. The Morgan fingerprint density at radius 3 is 2.17 bits per heavy atom. The Bertz CT molecular complexity index is 1040. The van der Waals surface area contributed by atoms with Crippen molar-refractivity contribution in [2.45, 2.75) is 6.42 Å². The molecule has 3 rings (SSSR count). The van der Waals surface area contributed by atoms with Crippen LogP contribution in [0.5, 0.6) is 17.2 Å². The van der Waals surface area contributed by atoms with Crippen LogP contribution < -0.4 is 19.5 Å². The van der Waals surface area contributed by atoms with Crippen molar-refractivity contribution in [3.8, 4) is 17.2 Å². The molecule has 154 valence electrons. The molecule has 3 aromatic carbocycles. The molecule has 0 fully saturated rings. The molecular weight excluding hydrogens is 382 g/mol. The fourth-order valence-corrected chi connectivity index (χ4v) is 3.04. The van der Waals surface area contributed by atoms with Crippen molar-refractivity contribution in [3.05, 3.63) is 83.4 Å². The Hall–Kier alpha value is -3.80. The minimum atomic E-state index is -0.171. The largest absolute Gasteiger partial charge is 0.497 e. The molecule has 1 N–H and O–H groups in total. The molecule has 0 spiro atoms. The number of ketones is 1. The summed E-state index contributed by atoms with van der Waals surface area (Å²) in [6, 6.07) is 19.2. The van der Waals surface area contributed by atoms with Crippen molar-refractivity contribution < 1.29 is 23.8 Å². The molecule has 0 aliphatic rings. The third-order valence-electron chi connectivity index (χ3n) is 4.62. The molecule has 6 heteroatoms. The number of ether oxygens (including phenoxy) is 3. The van der Waals surface area contributed by atoms with Gasteiger partial charge in [0.15, 0.2) is 5.78 Å². The number of carbonyl (C=O) groups is 2. The summed E-state index contributed by atoms with van der Waals surface area (Å²) in [6.45, 7) is 0. The van der Waals surface area contributed by atoms with Gasteiger partial charge in [-0.05, 0) is 29.8 Å². The quantitative estimate of drug-likeness (QED) is 0.571. The number of nitrogens with one attached hydrogen (secondary N) is 1. The van der Waals surface area contributed by atoms with E-state index in [1.165, 1.54) is 7.11 Å². The maximum Gasteiger partial charge on any atom is 0.228 e. The van der Waals surface area contributed by atoms with Crippen LogP contribution in [0.1, 0.15) is 21.5 Å². The van der Waals surface area contributed by atoms with E-state index in [1.807, 2.05) is 12.1 Å². The van der Waals surface area contributed by atoms with Gasteiger partial charge in [-0.15, -0.1) is 0 Å². The Morgan fingerprint density at radius 2 is 1.50 bits per heavy atom. The molecule has 0 heterocycles. The molecule has 0 aromatic heterocycles. The van der Waals surface area contributed by atoms with Gasteiger partial charge < -0.3 is 19.5 Å². The van der Waals surface area contributed by atoms with E-state index in [0.29, 0.717) is 34.1 Å². The molecule has 0 saturated heterocycles. The van der Waals surface area contributed by atoms with Crippen LogP contribution in [0.15, 0.2) is 66.7 Å². The number of benzene rings is 3. The first-order chi connectivity index (χ1) is 14.5. The molecule has 6 nitrogen and oxygen atoms in total. The molecule has 0 atom stereocenters. The fraction of sp³-hybridized carbons (Fsp3) is 0.167. The number of hydrogen-bond acceptors (Lipinski definition) is 5. The van der Waals surface area contributed by atoms with Crippen LogP contribution >= 0.6 is 0 Å². The topological polar surface area (TPSA) is 73.9 Å². The second kappa shape index (κ2) is 9.60. The van der Waals surface area contributed by atoms with Crippen molar-refractivity contribution in [1.82, 2.24) is 0 Å². The second-order valence-electron chi connectivity index (χ2n) is 6.52. The summed E-state index contributed by atoms with van der Waals surface area (Å²) < 4.78 is 15.7. The minimum absolute atomic E-state index is 0.167. The van der Waals surface area contributed by atoms with Gasteiger partial charge in [0, 0.05) is 11.6 Å². The summed E-state index contributed by atoms with van der Waals surface area (Å²) in [4.78, 5) is 25.2. The predicted molar refractivity (Wildman–Crippen MR) is 115 cm³/mol. The monoisotopic (exact) mass is 405 g/mol. The van der Waals surface area contributed by atoms with Crippen LogP contribution in [0.4, 0.5) is 5.69 Å². The van der Waals surface area contributed by atoms with E-state index >= 15 is 0 Å². The first kappa shape index (κ1) is 20.9. The number of rotatable bonds is 8. The van der Waals surface area contributed by atoms with E-state index in [2.05, 4.69) is 5.32 Å². The highest BCUT2D eigenvalue weighted by Crippen LogP contribution is 2.27. The molecule has 3 aromatic rings. The van der Waals surface area contributed by atoms with Crippen LogP contribution in [0.3, 0.4) is 0 Å². The maximum absolute atomic E-state index is 12.9. The van der Waals surface area contributed by atoms with Gasteiger partial charge in [-0.25, -0.2) is 0 Å². The van der Waals surface area contributed by atoms with Gasteiger partial charge >= 0.3 is 0 Å². The van der Waals surface area contributed by atoms with E-state index in [1.54, 1.807) is 68.8 Å². The average molecular weight is 405 g/mol. The SMILES string of the molecule is COc1ccc(C(=O)c2ccc(CC(=O)Nc3ccccc3OC)cc2)c(OC)c1. The molecule has 30 heavy (non-hydrogen) atoms. The summed E-state index contributed by atoms with van der Waals surface area (Å²) in [5.41, 5.74) is 2.36. The van der Waals surface area contributed by atoms with Gasteiger partial charge in [0.25, 0.3) is 0 Å². The van der Waals surface area contributed by atoms with E-state index < -0.39 is 0 Å². The minimum Gasteiger partial charge on any atom is -0.497 e. The van der Waals surface area contributed by atoms with E-state index in [4.69, 9.17) is 14.2 Å². The Balaban J connectivity index is 1.70. The first-order valence-corrected chi connectivity index (χ1v) is 9.34. The smallest absolute Gasteiger partial charge is 0.228 e. The van der Waals surface area contributed by atoms with Gasteiger partial charge in [0.2, 0.25) is 5.91 Å². The number of anilines is 1. The summed E-state index contributed by atoms with van der Waals surface area (Å²) in [5.74, 6) is 1.31. The summed E-state index contributed by atoms with van der Waals surface area (Å²) >= 11 is 0. The third kappa shape index (κ3) is 4.78. The number of hydrogen-bond donors (Lipinski definition) is 1. The zero-order valence-electron chi connectivity index (χ0n) is 17.1. The van der Waals surface area contributed by atoms with Gasteiger partial charge in [-0.1, -0.05) is 36.4 Å². The molecule has 0 bridgehead atoms. The average Bonchev–Trinajstić information content (AvgIpc) is 2.79. The summed E-state index contributed by atoms with van der Waals surface area (Å²) in [7, 11) is 4.62. The highest BCUT2D eigenvalue weighted by Gasteiger charge is 2.16. The molecule has 0 radical (unpaired) electrons. The fourth-order valence-electron chi connectivity index (χ4n) is 3.04. The van der Waals surface area contributed by atoms with Gasteiger partial charge in [-0.3, -0.25) is 9.59 Å². The number of amides is 1. The summed E-state index contributed by atoms with van der Waals surface area (Å²) in [6.07, 6.45) is 0.179. The molecule has 0 saturated carbocycles. The van der Waals surface area contributed by atoms with Gasteiger partial charge in [-0.2, -0.15) is 0 Å². The Kier molecular flexibility index (Phi) is 6.70. The normalized spacial score (nSPS) is 10.2. The highest BCUT2D eigenvalue weighted by atomic mass is 16.5. The van der Waals surface area contributed by atoms with Crippen LogP contribution in [0.25, 0.3) is 0 Å². The van der Waals surface area contributed by atoms with Crippen LogP contribution in [0, 0.1) is 0 Å². The lowest BCUT2D eigenvalue weighted by Crippen LogP contribution is -2.15. The molecule has 0 unspecified atom stereocenters. The van der Waals surface area contributed by atoms with Crippen molar-refractivity contribution in [3.63, 3.8) is 0 Å². The maximum atomic E-state index is 12.9. The van der Waals surface area contributed by atoms with Crippen LogP contribution in [-0.2, 0) is 11.2 Å². The second-order valence-corrected chi connectivity index (χ2v) is 6.52. The highest BCUT2D eigenvalue weighted by molar-refractivity contribution is 6.10. The van der Waals surface area contributed by atoms with Crippen molar-refractivity contribution in [1.29, 1.82) is 0 Å². The number of para-hydroxylation sites is 2. The van der Waals surface area contributed by atoms with E-state index in [9.17, 15) is 9.59 Å². The van der Waals surface area contributed by atoms with E-state index in [-0.39, 0.29) is 18.1 Å². The zero-order chi connectivity index (χ0) is 21.5. The Labute approximate surface area is 175 Å². The van der Waals surface area contributed by atoms with E-state index in [0.717, 1.165) is 5.56 Å². The van der Waals surface area contributed by atoms with Crippen molar-refractivity contribution in [2.75, 3.05) is 26.6 Å². The van der Waals surface area contributed by atoms with Crippen LogP contribution in [0.2, 0.25) is 0 Å². The van der Waals surface area contributed by atoms with Crippen molar-refractivity contribution >= 4 is 17.4 Å². The lowest BCUT2D eigenvalue weighted by atomic mass is 10.00. The van der Waals surface area contributed by atoms with Gasteiger partial charge in [0.05, 0.1) is 39.0 Å². The van der Waals surface area contributed by atoms with Gasteiger partial charge in [0.1, 0.15) is 17.2 Å². The Morgan fingerprint density at radius 1 is 0.800 bits per heavy atom. The lowest BCUT2D eigenvalue weighted by Gasteiger charge is -2.11. The molecular formula is C24H23NO5.